The van der Waals surface area contributed by atoms with Gasteiger partial charge in [-0.25, -0.2) is 4.99 Å². The Morgan fingerprint density at radius 1 is 1.38 bits per heavy atom. The van der Waals surface area contributed by atoms with Crippen LogP contribution in [0.5, 0.6) is 5.75 Å². The van der Waals surface area contributed by atoms with Gasteiger partial charge >= 0.3 is 0 Å². The molecule has 1 aliphatic heterocycles. The van der Waals surface area contributed by atoms with Crippen molar-refractivity contribution in [1.29, 1.82) is 0 Å². The van der Waals surface area contributed by atoms with Gasteiger partial charge in [0.05, 0.1) is 7.11 Å². The van der Waals surface area contributed by atoms with E-state index in [1.54, 1.807) is 7.11 Å². The standard InChI is InChI=1S/C13H14N2O/c1-8-13-10(5-6-14-8)11-7-9(16-2)3-4-12(11)15-13/h3-4,7,15H,5-6H2,1-2H3/p+1. The molecule has 0 fully saturated rings. The number of rotatable bonds is 1. The van der Waals surface area contributed by atoms with Crippen molar-refractivity contribution in [2.24, 2.45) is 0 Å². The van der Waals surface area contributed by atoms with Crippen LogP contribution in [-0.2, 0) is 6.42 Å². The first-order valence-electron chi connectivity index (χ1n) is 5.56. The first-order valence-corrected chi connectivity index (χ1v) is 5.56. The molecule has 3 nitrogen and oxygen atoms in total. The molecule has 2 heterocycles. The van der Waals surface area contributed by atoms with E-state index in [1.807, 2.05) is 6.07 Å². The number of aromatic nitrogens is 1. The average Bonchev–Trinajstić information content (AvgIpc) is 2.68. The molecule has 0 spiro atoms. The molecule has 82 valence electrons. The van der Waals surface area contributed by atoms with E-state index < -0.39 is 0 Å². The number of aromatic amines is 1. The van der Waals surface area contributed by atoms with Crippen molar-refractivity contribution in [2.75, 3.05) is 13.7 Å². The van der Waals surface area contributed by atoms with Crippen LogP contribution in [0.2, 0.25) is 0 Å². The van der Waals surface area contributed by atoms with Crippen LogP contribution in [0.15, 0.2) is 18.2 Å². The molecule has 0 unspecified atom stereocenters. The van der Waals surface area contributed by atoms with Gasteiger partial charge in [0.2, 0.25) is 0 Å². The van der Waals surface area contributed by atoms with Crippen LogP contribution in [0.1, 0.15) is 18.2 Å². The van der Waals surface area contributed by atoms with Gasteiger partial charge in [-0.3, -0.25) is 0 Å². The van der Waals surface area contributed by atoms with Crippen molar-refractivity contribution in [2.45, 2.75) is 13.3 Å². The molecule has 0 aliphatic carbocycles. The molecule has 2 aromatic rings. The molecule has 0 radical (unpaired) electrons. The minimum atomic E-state index is 0.922. The van der Waals surface area contributed by atoms with E-state index in [2.05, 4.69) is 29.0 Å². The third-order valence-electron chi connectivity index (χ3n) is 3.25. The highest BCUT2D eigenvalue weighted by molar-refractivity contribution is 6.01. The highest BCUT2D eigenvalue weighted by atomic mass is 16.5. The van der Waals surface area contributed by atoms with Gasteiger partial charge in [-0.15, -0.1) is 0 Å². The molecule has 3 rings (SSSR count). The van der Waals surface area contributed by atoms with E-state index in [0.29, 0.717) is 0 Å². The van der Waals surface area contributed by atoms with Crippen molar-refractivity contribution < 1.29 is 9.73 Å². The first kappa shape index (κ1) is 9.46. The molecule has 1 aromatic carbocycles. The summed E-state index contributed by atoms with van der Waals surface area (Å²) in [5.74, 6) is 0.922. The number of hydrogen-bond acceptors (Lipinski definition) is 1. The molecule has 0 atom stereocenters. The number of fused-ring (bicyclic) bond motifs is 3. The Balaban J connectivity index is 2.30. The van der Waals surface area contributed by atoms with E-state index in [9.17, 15) is 0 Å². The molecule has 3 heteroatoms. The maximum atomic E-state index is 5.27. The summed E-state index contributed by atoms with van der Waals surface area (Å²) in [6.07, 6.45) is 1.07. The minimum Gasteiger partial charge on any atom is -0.497 e. The van der Waals surface area contributed by atoms with Crippen LogP contribution >= 0.6 is 0 Å². The summed E-state index contributed by atoms with van der Waals surface area (Å²) in [6.45, 7) is 3.13. The number of hydrogen-bond donors (Lipinski definition) is 2. The molecular weight excluding hydrogens is 200 g/mol. The van der Waals surface area contributed by atoms with E-state index >= 15 is 0 Å². The van der Waals surface area contributed by atoms with Crippen LogP contribution in [0, 0.1) is 0 Å². The summed E-state index contributed by atoms with van der Waals surface area (Å²) in [5.41, 5.74) is 5.07. The van der Waals surface area contributed by atoms with E-state index in [-0.39, 0.29) is 0 Å². The summed E-state index contributed by atoms with van der Waals surface area (Å²) in [4.78, 5) is 6.84. The largest absolute Gasteiger partial charge is 0.497 e. The number of nitrogens with one attached hydrogen (secondary N) is 2. The molecule has 1 aliphatic rings. The Kier molecular flexibility index (Phi) is 1.99. The van der Waals surface area contributed by atoms with Crippen LogP contribution in [0.4, 0.5) is 0 Å². The van der Waals surface area contributed by atoms with E-state index in [4.69, 9.17) is 4.74 Å². The average molecular weight is 215 g/mol. The topological polar surface area (TPSA) is 39.0 Å². The zero-order chi connectivity index (χ0) is 11.1. The fourth-order valence-electron chi connectivity index (χ4n) is 2.40. The van der Waals surface area contributed by atoms with Crippen molar-refractivity contribution in [1.82, 2.24) is 4.98 Å². The molecule has 0 saturated heterocycles. The van der Waals surface area contributed by atoms with Crippen LogP contribution in [0.3, 0.4) is 0 Å². The van der Waals surface area contributed by atoms with Gasteiger partial charge in [-0.1, -0.05) is 0 Å². The number of H-pyrrole nitrogens is 1. The summed E-state index contributed by atoms with van der Waals surface area (Å²) >= 11 is 0. The Labute approximate surface area is 94.1 Å². The van der Waals surface area contributed by atoms with Gasteiger partial charge in [-0.05, 0) is 23.8 Å². The maximum Gasteiger partial charge on any atom is 0.195 e. The second-order valence-corrected chi connectivity index (χ2v) is 4.19. The Hall–Kier alpha value is -1.77. The Morgan fingerprint density at radius 3 is 3.06 bits per heavy atom. The predicted molar refractivity (Wildman–Crippen MR) is 64.2 cm³/mol. The summed E-state index contributed by atoms with van der Waals surface area (Å²) < 4.78 is 5.27. The Morgan fingerprint density at radius 2 is 2.25 bits per heavy atom. The van der Waals surface area contributed by atoms with Crippen LogP contribution in [-0.4, -0.2) is 24.4 Å². The molecule has 16 heavy (non-hydrogen) atoms. The minimum absolute atomic E-state index is 0.922. The zero-order valence-electron chi connectivity index (χ0n) is 9.55. The summed E-state index contributed by atoms with van der Waals surface area (Å²) in [6, 6.07) is 6.19. The highest BCUT2D eigenvalue weighted by Crippen LogP contribution is 2.27. The maximum absolute atomic E-state index is 5.27. The lowest BCUT2D eigenvalue weighted by atomic mass is 10.0. The molecule has 0 amide bonds. The fraction of sp³-hybridized carbons (Fsp3) is 0.308. The summed E-state index contributed by atoms with van der Waals surface area (Å²) in [5, 5.41) is 1.29. The fourth-order valence-corrected chi connectivity index (χ4v) is 2.40. The second kappa shape index (κ2) is 3.37. The normalized spacial score (nSPS) is 14.8. The van der Waals surface area contributed by atoms with Gasteiger partial charge in [0.1, 0.15) is 18.0 Å². The molecule has 0 saturated carbocycles. The van der Waals surface area contributed by atoms with Crippen molar-refractivity contribution in [3.8, 4) is 5.75 Å². The van der Waals surface area contributed by atoms with E-state index in [0.717, 1.165) is 18.7 Å². The zero-order valence-corrected chi connectivity index (χ0v) is 9.55. The molecule has 1 aromatic heterocycles. The number of methoxy groups -OCH3 is 1. The molecule has 0 bridgehead atoms. The second-order valence-electron chi connectivity index (χ2n) is 4.19. The smallest absolute Gasteiger partial charge is 0.195 e. The lowest BCUT2D eigenvalue weighted by Crippen LogP contribution is -2.74. The first-order chi connectivity index (χ1) is 7.79. The Bertz CT molecular complexity index is 581. The van der Waals surface area contributed by atoms with Gasteiger partial charge in [-0.2, -0.15) is 0 Å². The third-order valence-corrected chi connectivity index (χ3v) is 3.25. The van der Waals surface area contributed by atoms with Crippen molar-refractivity contribution in [3.63, 3.8) is 0 Å². The SMILES string of the molecule is COc1ccc2[nH]c3c(c2c1)CC[NH+]=C3C. The third kappa shape index (κ3) is 1.24. The van der Waals surface area contributed by atoms with Gasteiger partial charge in [0.25, 0.3) is 0 Å². The van der Waals surface area contributed by atoms with Crippen molar-refractivity contribution in [3.05, 3.63) is 29.5 Å². The highest BCUT2D eigenvalue weighted by Gasteiger charge is 2.20. The van der Waals surface area contributed by atoms with E-state index in [1.165, 1.54) is 27.9 Å². The van der Waals surface area contributed by atoms with Gasteiger partial charge in [0.15, 0.2) is 5.71 Å². The number of benzene rings is 1. The van der Waals surface area contributed by atoms with Gasteiger partial charge < -0.3 is 9.72 Å². The number of ether oxygens (including phenoxy) is 1. The quantitative estimate of drug-likeness (QED) is 0.719. The lowest BCUT2D eigenvalue weighted by molar-refractivity contribution is -0.458. The summed E-state index contributed by atoms with van der Waals surface area (Å²) in [7, 11) is 1.71. The van der Waals surface area contributed by atoms with Crippen molar-refractivity contribution >= 4 is 16.6 Å². The van der Waals surface area contributed by atoms with Crippen LogP contribution in [0.25, 0.3) is 10.9 Å². The lowest BCUT2D eigenvalue weighted by Gasteiger charge is -2.04. The monoisotopic (exact) mass is 215 g/mol. The van der Waals surface area contributed by atoms with Crippen LogP contribution < -0.4 is 9.73 Å². The molecular formula is C13H15N2O+. The molecule has 2 N–H and O–H groups in total. The van der Waals surface area contributed by atoms with Gasteiger partial charge in [0, 0.05) is 24.2 Å². The predicted octanol–water partition coefficient (Wildman–Crippen LogP) is 0.622.